The lowest BCUT2D eigenvalue weighted by molar-refractivity contribution is 0.302. The van der Waals surface area contributed by atoms with Crippen molar-refractivity contribution in [1.82, 2.24) is 5.32 Å². The first-order valence-electron chi connectivity index (χ1n) is 8.38. The summed E-state index contributed by atoms with van der Waals surface area (Å²) in [5.74, 6) is 1.70. The van der Waals surface area contributed by atoms with Gasteiger partial charge in [-0.3, -0.25) is 0 Å². The van der Waals surface area contributed by atoms with Crippen molar-refractivity contribution in [3.8, 4) is 5.75 Å². The van der Waals surface area contributed by atoms with Gasteiger partial charge in [-0.05, 0) is 53.8 Å². The van der Waals surface area contributed by atoms with Gasteiger partial charge in [-0.25, -0.2) is 0 Å². The highest BCUT2D eigenvalue weighted by Crippen LogP contribution is 2.72. The van der Waals surface area contributed by atoms with Crippen LogP contribution in [0.15, 0.2) is 24.3 Å². The molecule has 0 aliphatic heterocycles. The highest BCUT2D eigenvalue weighted by molar-refractivity contribution is 5.34. The van der Waals surface area contributed by atoms with E-state index >= 15 is 0 Å². The molecular weight excluding hydrogens is 258 g/mol. The second-order valence-corrected chi connectivity index (χ2v) is 7.85. The molecule has 0 amide bonds. The minimum atomic E-state index is 0.382. The van der Waals surface area contributed by atoms with Crippen molar-refractivity contribution in [3.05, 3.63) is 29.8 Å². The molecule has 2 saturated carbocycles. The molecule has 21 heavy (non-hydrogen) atoms. The topological polar surface area (TPSA) is 21.3 Å². The largest absolute Gasteiger partial charge is 0.490 e. The fourth-order valence-corrected chi connectivity index (χ4v) is 3.89. The van der Waals surface area contributed by atoms with E-state index in [9.17, 15) is 0 Å². The van der Waals surface area contributed by atoms with Gasteiger partial charge in [0.15, 0.2) is 0 Å². The zero-order valence-electron chi connectivity index (χ0n) is 14.1. The van der Waals surface area contributed by atoms with E-state index in [2.05, 4.69) is 64.2 Å². The van der Waals surface area contributed by atoms with Crippen molar-refractivity contribution in [2.24, 2.45) is 16.7 Å². The molecule has 1 atom stereocenters. The number of benzene rings is 1. The quantitative estimate of drug-likeness (QED) is 0.828. The highest BCUT2D eigenvalue weighted by Gasteiger charge is 2.67. The van der Waals surface area contributed by atoms with Crippen LogP contribution in [0.2, 0.25) is 0 Å². The first kappa shape index (κ1) is 14.9. The second-order valence-electron chi connectivity index (χ2n) is 7.85. The predicted octanol–water partition coefficient (Wildman–Crippen LogP) is 4.56. The summed E-state index contributed by atoms with van der Waals surface area (Å²) in [6.45, 7) is 12.8. The Morgan fingerprint density at radius 3 is 2.38 bits per heavy atom. The molecule has 2 nitrogen and oxygen atoms in total. The summed E-state index contributed by atoms with van der Waals surface area (Å²) in [4.78, 5) is 0. The highest BCUT2D eigenvalue weighted by atomic mass is 16.5. The number of hydrogen-bond acceptors (Lipinski definition) is 2. The van der Waals surface area contributed by atoms with Crippen molar-refractivity contribution >= 4 is 0 Å². The number of hydrogen-bond donors (Lipinski definition) is 1. The number of ether oxygens (including phenoxy) is 1. The molecule has 3 rings (SSSR count). The van der Waals surface area contributed by atoms with Crippen LogP contribution >= 0.6 is 0 Å². The van der Waals surface area contributed by atoms with Crippen molar-refractivity contribution in [2.75, 3.05) is 6.54 Å². The lowest BCUT2D eigenvalue weighted by Crippen LogP contribution is -2.25. The van der Waals surface area contributed by atoms with Gasteiger partial charge in [0.05, 0.1) is 6.10 Å². The Kier molecular flexibility index (Phi) is 3.56. The molecule has 1 aromatic carbocycles. The lowest BCUT2D eigenvalue weighted by Gasteiger charge is -2.21. The van der Waals surface area contributed by atoms with Gasteiger partial charge in [-0.15, -0.1) is 0 Å². The van der Waals surface area contributed by atoms with Gasteiger partial charge in [0.2, 0.25) is 0 Å². The molecule has 2 aliphatic carbocycles. The third-order valence-corrected chi connectivity index (χ3v) is 5.93. The van der Waals surface area contributed by atoms with E-state index in [4.69, 9.17) is 4.74 Å². The molecule has 2 heteroatoms. The Balaban J connectivity index is 1.84. The maximum atomic E-state index is 5.97. The average Bonchev–Trinajstić information content (AvgIpc) is 3.28. The average molecular weight is 287 g/mol. The Labute approximate surface area is 129 Å². The summed E-state index contributed by atoms with van der Waals surface area (Å²) in [6, 6.07) is 9.14. The fourth-order valence-electron chi connectivity index (χ4n) is 3.89. The fraction of sp³-hybridized carbons (Fsp3) is 0.684. The van der Waals surface area contributed by atoms with Crippen LogP contribution < -0.4 is 10.1 Å². The normalized spacial score (nSPS) is 24.6. The second kappa shape index (κ2) is 5.01. The SMILES string of the molecule is CCNC(c1cccc(OC2CC2)c1)C1C(C)(C)C1(C)C. The van der Waals surface area contributed by atoms with Crippen molar-refractivity contribution < 1.29 is 4.74 Å². The molecule has 0 radical (unpaired) electrons. The van der Waals surface area contributed by atoms with E-state index in [1.165, 1.54) is 18.4 Å². The zero-order chi connectivity index (χ0) is 15.3. The molecule has 0 heterocycles. The van der Waals surface area contributed by atoms with E-state index in [0.717, 1.165) is 12.3 Å². The number of nitrogens with one attached hydrogen (secondary N) is 1. The first-order chi connectivity index (χ1) is 9.88. The minimum absolute atomic E-state index is 0.382. The van der Waals surface area contributed by atoms with Crippen LogP contribution in [0.5, 0.6) is 5.75 Å². The molecule has 0 bridgehead atoms. The summed E-state index contributed by atoms with van der Waals surface area (Å²) in [5, 5.41) is 3.71. The standard InChI is InChI=1S/C19H29NO/c1-6-20-16(17-18(2,3)19(17,4)5)13-8-7-9-15(12-13)21-14-10-11-14/h7-9,12,14,16-17,20H,6,10-11H2,1-5H3. The van der Waals surface area contributed by atoms with Crippen LogP contribution in [0.1, 0.15) is 59.1 Å². The molecule has 1 unspecified atom stereocenters. The summed E-state index contributed by atoms with van der Waals surface area (Å²) in [6.07, 6.45) is 2.89. The smallest absolute Gasteiger partial charge is 0.120 e. The molecule has 1 N–H and O–H groups in total. The van der Waals surface area contributed by atoms with Crippen LogP contribution in [0.25, 0.3) is 0 Å². The predicted molar refractivity (Wildman–Crippen MR) is 87.6 cm³/mol. The first-order valence-corrected chi connectivity index (χ1v) is 8.38. The minimum Gasteiger partial charge on any atom is -0.490 e. The van der Waals surface area contributed by atoms with Gasteiger partial charge in [0.1, 0.15) is 5.75 Å². The lowest BCUT2D eigenvalue weighted by atomic mass is 9.96. The van der Waals surface area contributed by atoms with Crippen molar-refractivity contribution in [1.29, 1.82) is 0 Å². The van der Waals surface area contributed by atoms with Gasteiger partial charge >= 0.3 is 0 Å². The Hall–Kier alpha value is -1.02. The van der Waals surface area contributed by atoms with E-state index in [1.807, 2.05) is 0 Å². The van der Waals surface area contributed by atoms with E-state index in [0.29, 0.717) is 28.9 Å². The molecule has 0 saturated heterocycles. The van der Waals surface area contributed by atoms with Gasteiger partial charge in [-0.1, -0.05) is 46.8 Å². The molecule has 116 valence electrons. The third-order valence-electron chi connectivity index (χ3n) is 5.93. The van der Waals surface area contributed by atoms with Gasteiger partial charge in [-0.2, -0.15) is 0 Å². The molecule has 2 aliphatic rings. The summed E-state index contributed by atoms with van der Waals surface area (Å²) >= 11 is 0. The third kappa shape index (κ3) is 2.59. The van der Waals surface area contributed by atoms with E-state index in [1.54, 1.807) is 0 Å². The van der Waals surface area contributed by atoms with Crippen LogP contribution in [-0.4, -0.2) is 12.6 Å². The Morgan fingerprint density at radius 1 is 1.19 bits per heavy atom. The van der Waals surface area contributed by atoms with Crippen LogP contribution in [-0.2, 0) is 0 Å². The molecule has 0 spiro atoms. The maximum absolute atomic E-state index is 5.97. The van der Waals surface area contributed by atoms with E-state index < -0.39 is 0 Å². The maximum Gasteiger partial charge on any atom is 0.120 e. The van der Waals surface area contributed by atoms with Gasteiger partial charge in [0, 0.05) is 6.04 Å². The molecule has 0 aromatic heterocycles. The van der Waals surface area contributed by atoms with E-state index in [-0.39, 0.29) is 0 Å². The Bertz CT molecular complexity index is 502. The summed E-state index contributed by atoms with van der Waals surface area (Å²) < 4.78 is 5.97. The summed E-state index contributed by atoms with van der Waals surface area (Å²) in [5.41, 5.74) is 2.14. The molecule has 2 fully saturated rings. The monoisotopic (exact) mass is 287 g/mol. The zero-order valence-corrected chi connectivity index (χ0v) is 14.1. The van der Waals surface area contributed by atoms with Crippen molar-refractivity contribution in [2.45, 2.75) is 59.6 Å². The number of rotatable bonds is 6. The van der Waals surface area contributed by atoms with Crippen LogP contribution in [0, 0.1) is 16.7 Å². The van der Waals surface area contributed by atoms with Gasteiger partial charge < -0.3 is 10.1 Å². The Morgan fingerprint density at radius 2 is 1.86 bits per heavy atom. The van der Waals surface area contributed by atoms with Crippen molar-refractivity contribution in [3.63, 3.8) is 0 Å². The van der Waals surface area contributed by atoms with Crippen LogP contribution in [0.3, 0.4) is 0 Å². The molecule has 1 aromatic rings. The van der Waals surface area contributed by atoms with Crippen LogP contribution in [0.4, 0.5) is 0 Å². The molecular formula is C19H29NO. The van der Waals surface area contributed by atoms with Gasteiger partial charge in [0.25, 0.3) is 0 Å². The summed E-state index contributed by atoms with van der Waals surface area (Å²) in [7, 11) is 0.